The number of methoxy groups -OCH3 is 1. The number of benzene rings is 2. The molecule has 2 aromatic carbocycles. The summed E-state index contributed by atoms with van der Waals surface area (Å²) in [6.45, 7) is -0.0152. The largest absolute Gasteiger partial charge is 0.495 e. The number of nitrogens with zero attached hydrogens (tertiary/aromatic N) is 1. The molecule has 0 saturated heterocycles. The maximum absolute atomic E-state index is 11.0. The molecule has 2 heterocycles. The number of aryl methyl sites for hydroxylation is 1. The van der Waals surface area contributed by atoms with Crippen LogP contribution in [0.1, 0.15) is 44.1 Å². The second kappa shape index (κ2) is 11.3. The van der Waals surface area contributed by atoms with Crippen LogP contribution in [-0.2, 0) is 11.2 Å². The average Bonchev–Trinajstić information content (AvgIpc) is 2.87. The molecule has 190 valence electrons. The van der Waals surface area contributed by atoms with E-state index in [1.165, 1.54) is 18.1 Å². The standard InChI is InChI=1S/C18H23NO2.C9H8N2O4/c1-21-15-12-16-14(6-5-7-17(16)19-13-15)8-11-18(20)9-3-2-4-10-18;12-8-4-15-7-2-1-5(10-9(13)14)3-6(7)11-8/h5-7,12-13,20H,2-4,8-11H2,1H3;1-3,10H,4H2,(H,11,12)(H,13,14). The molecule has 1 fully saturated rings. The van der Waals surface area contributed by atoms with Crippen LogP contribution in [0.4, 0.5) is 16.2 Å². The Labute approximate surface area is 209 Å². The van der Waals surface area contributed by atoms with Gasteiger partial charge in [-0.15, -0.1) is 0 Å². The van der Waals surface area contributed by atoms with Crippen molar-refractivity contribution in [3.63, 3.8) is 0 Å². The summed E-state index contributed by atoms with van der Waals surface area (Å²) in [5, 5.41) is 25.0. The molecular weight excluding hydrogens is 462 g/mol. The summed E-state index contributed by atoms with van der Waals surface area (Å²) < 4.78 is 10.4. The molecule has 0 unspecified atom stereocenters. The van der Waals surface area contributed by atoms with Gasteiger partial charge >= 0.3 is 6.09 Å². The number of rotatable bonds is 5. The van der Waals surface area contributed by atoms with Gasteiger partial charge in [0.2, 0.25) is 0 Å². The highest BCUT2D eigenvalue weighted by Gasteiger charge is 2.28. The summed E-state index contributed by atoms with van der Waals surface area (Å²) in [6, 6.07) is 12.9. The van der Waals surface area contributed by atoms with E-state index in [1.54, 1.807) is 25.4 Å². The Kier molecular flexibility index (Phi) is 7.90. The van der Waals surface area contributed by atoms with Gasteiger partial charge in [-0.05, 0) is 61.6 Å². The van der Waals surface area contributed by atoms with Crippen LogP contribution in [0.15, 0.2) is 48.7 Å². The minimum Gasteiger partial charge on any atom is -0.495 e. The van der Waals surface area contributed by atoms with Crippen molar-refractivity contribution < 1.29 is 29.3 Å². The third kappa shape index (κ3) is 6.42. The highest BCUT2D eigenvalue weighted by Crippen LogP contribution is 2.33. The normalized spacial score (nSPS) is 16.0. The Morgan fingerprint density at radius 3 is 2.75 bits per heavy atom. The predicted molar refractivity (Wildman–Crippen MR) is 137 cm³/mol. The summed E-state index contributed by atoms with van der Waals surface area (Å²) >= 11 is 0. The van der Waals surface area contributed by atoms with E-state index in [-0.39, 0.29) is 12.5 Å². The molecule has 1 aliphatic carbocycles. The Bertz CT molecular complexity index is 1240. The maximum Gasteiger partial charge on any atom is 0.409 e. The number of aromatic nitrogens is 1. The lowest BCUT2D eigenvalue weighted by Gasteiger charge is -2.32. The summed E-state index contributed by atoms with van der Waals surface area (Å²) in [7, 11) is 1.66. The van der Waals surface area contributed by atoms with Crippen molar-refractivity contribution in [3.05, 3.63) is 54.2 Å². The number of hydrogen-bond acceptors (Lipinski definition) is 6. The van der Waals surface area contributed by atoms with Crippen LogP contribution >= 0.6 is 0 Å². The zero-order chi connectivity index (χ0) is 25.5. The molecule has 5 rings (SSSR count). The van der Waals surface area contributed by atoms with Gasteiger partial charge in [0, 0.05) is 11.1 Å². The van der Waals surface area contributed by atoms with Crippen LogP contribution in [0.5, 0.6) is 11.5 Å². The van der Waals surface area contributed by atoms with E-state index in [1.807, 2.05) is 18.2 Å². The highest BCUT2D eigenvalue weighted by atomic mass is 16.5. The molecule has 0 atom stereocenters. The summed E-state index contributed by atoms with van der Waals surface area (Å²) in [6.07, 6.45) is 7.78. The van der Waals surface area contributed by atoms with Crippen molar-refractivity contribution in [1.82, 2.24) is 4.98 Å². The number of anilines is 2. The number of fused-ring (bicyclic) bond motifs is 2. The Balaban J connectivity index is 0.000000179. The lowest BCUT2D eigenvalue weighted by molar-refractivity contribution is -0.118. The van der Waals surface area contributed by atoms with Gasteiger partial charge in [-0.2, -0.15) is 0 Å². The molecule has 9 heteroatoms. The number of pyridine rings is 1. The monoisotopic (exact) mass is 493 g/mol. The van der Waals surface area contributed by atoms with Crippen LogP contribution in [0.25, 0.3) is 10.9 Å². The molecule has 36 heavy (non-hydrogen) atoms. The van der Waals surface area contributed by atoms with E-state index >= 15 is 0 Å². The highest BCUT2D eigenvalue weighted by molar-refractivity contribution is 5.96. The van der Waals surface area contributed by atoms with Gasteiger partial charge in [-0.3, -0.25) is 15.1 Å². The Morgan fingerprint density at radius 2 is 2.00 bits per heavy atom. The fraction of sp³-hybridized carbons (Fsp3) is 0.370. The fourth-order valence-electron chi connectivity index (χ4n) is 4.63. The van der Waals surface area contributed by atoms with Crippen molar-refractivity contribution in [2.75, 3.05) is 24.4 Å². The van der Waals surface area contributed by atoms with Crippen LogP contribution in [0, 0.1) is 0 Å². The van der Waals surface area contributed by atoms with Gasteiger partial charge in [-0.25, -0.2) is 4.79 Å². The number of aliphatic hydroxyl groups is 1. The molecule has 2 amide bonds. The van der Waals surface area contributed by atoms with Crippen LogP contribution < -0.4 is 20.1 Å². The zero-order valence-electron chi connectivity index (χ0n) is 20.3. The third-order valence-electron chi connectivity index (χ3n) is 6.53. The fourth-order valence-corrected chi connectivity index (χ4v) is 4.63. The first-order chi connectivity index (χ1) is 17.3. The number of amides is 2. The molecule has 2 aliphatic rings. The van der Waals surface area contributed by atoms with Gasteiger partial charge in [0.15, 0.2) is 6.61 Å². The average molecular weight is 494 g/mol. The van der Waals surface area contributed by atoms with Crippen molar-refractivity contribution in [1.29, 1.82) is 0 Å². The smallest absolute Gasteiger partial charge is 0.409 e. The van der Waals surface area contributed by atoms with Crippen molar-refractivity contribution in [2.45, 2.75) is 50.5 Å². The van der Waals surface area contributed by atoms with Crippen LogP contribution in [-0.4, -0.2) is 46.5 Å². The maximum atomic E-state index is 11.0. The minimum atomic E-state index is -1.15. The number of carboxylic acid groups (broad SMARTS) is 1. The molecule has 0 spiro atoms. The number of nitrogens with one attached hydrogen (secondary N) is 2. The summed E-state index contributed by atoms with van der Waals surface area (Å²) in [5.74, 6) is 1.06. The SMILES string of the molecule is COc1cnc2cccc(CCC3(O)CCCCC3)c2c1.O=C(O)Nc1ccc2c(c1)NC(=O)CO2. The van der Waals surface area contributed by atoms with Crippen molar-refractivity contribution in [2.24, 2.45) is 0 Å². The summed E-state index contributed by atoms with van der Waals surface area (Å²) in [5.41, 5.74) is 2.62. The number of ether oxygens (including phenoxy) is 2. The lowest BCUT2D eigenvalue weighted by Crippen LogP contribution is -2.31. The molecule has 3 aromatic rings. The third-order valence-corrected chi connectivity index (χ3v) is 6.53. The van der Waals surface area contributed by atoms with Gasteiger partial charge in [0.05, 0.1) is 30.1 Å². The molecule has 0 bridgehead atoms. The quantitative estimate of drug-likeness (QED) is 0.394. The topological polar surface area (TPSA) is 130 Å². The number of carbonyl (C=O) groups excluding carboxylic acids is 1. The second-order valence-corrected chi connectivity index (χ2v) is 9.12. The van der Waals surface area contributed by atoms with E-state index in [4.69, 9.17) is 14.6 Å². The van der Waals surface area contributed by atoms with E-state index in [0.29, 0.717) is 17.1 Å². The molecule has 1 aromatic heterocycles. The number of carbonyl (C=O) groups is 2. The van der Waals surface area contributed by atoms with Gasteiger partial charge in [0.1, 0.15) is 11.5 Å². The molecule has 9 nitrogen and oxygen atoms in total. The first-order valence-corrected chi connectivity index (χ1v) is 12.1. The first-order valence-electron chi connectivity index (χ1n) is 12.1. The lowest BCUT2D eigenvalue weighted by atomic mass is 9.80. The zero-order valence-corrected chi connectivity index (χ0v) is 20.3. The molecular formula is C27H31N3O6. The van der Waals surface area contributed by atoms with E-state index in [2.05, 4.69) is 21.7 Å². The van der Waals surface area contributed by atoms with Gasteiger partial charge < -0.3 is 25.0 Å². The van der Waals surface area contributed by atoms with Crippen molar-refractivity contribution >= 4 is 34.3 Å². The Hall–Kier alpha value is -3.85. The minimum absolute atomic E-state index is 0.0152. The van der Waals surface area contributed by atoms with Gasteiger partial charge in [0.25, 0.3) is 5.91 Å². The summed E-state index contributed by atoms with van der Waals surface area (Å²) in [4.78, 5) is 25.8. The van der Waals surface area contributed by atoms with Gasteiger partial charge in [-0.1, -0.05) is 31.4 Å². The Morgan fingerprint density at radius 1 is 1.19 bits per heavy atom. The second-order valence-electron chi connectivity index (χ2n) is 9.12. The van der Waals surface area contributed by atoms with Crippen LogP contribution in [0.3, 0.4) is 0 Å². The molecule has 0 radical (unpaired) electrons. The molecule has 1 aliphatic heterocycles. The molecule has 1 saturated carbocycles. The number of hydrogen-bond donors (Lipinski definition) is 4. The predicted octanol–water partition coefficient (Wildman–Crippen LogP) is 4.98. The molecule has 4 N–H and O–H groups in total. The van der Waals surface area contributed by atoms with Crippen molar-refractivity contribution in [3.8, 4) is 11.5 Å². The van der Waals surface area contributed by atoms with Crippen LogP contribution in [0.2, 0.25) is 0 Å². The first kappa shape index (κ1) is 25.2. The van der Waals surface area contributed by atoms with E-state index in [0.717, 1.165) is 55.2 Å². The van der Waals surface area contributed by atoms with E-state index < -0.39 is 11.7 Å². The van der Waals surface area contributed by atoms with E-state index in [9.17, 15) is 14.7 Å².